The van der Waals surface area contributed by atoms with E-state index >= 15 is 0 Å². The van der Waals surface area contributed by atoms with E-state index in [4.69, 9.17) is 4.98 Å². The molecule has 4 nitrogen and oxygen atoms in total. The van der Waals surface area contributed by atoms with Crippen molar-refractivity contribution in [3.8, 4) is 28.1 Å². The average molecular weight is 487 g/mol. The number of pyridine rings is 3. The van der Waals surface area contributed by atoms with Gasteiger partial charge in [0.25, 0.3) is 0 Å². The van der Waals surface area contributed by atoms with Crippen molar-refractivity contribution in [2.24, 2.45) is 0 Å². The Hall–Kier alpha value is -5.22. The van der Waals surface area contributed by atoms with Gasteiger partial charge in [-0.2, -0.15) is 0 Å². The third-order valence-corrected chi connectivity index (χ3v) is 7.47. The first-order valence-corrected chi connectivity index (χ1v) is 12.8. The maximum absolute atomic E-state index is 4.90. The molecule has 0 saturated heterocycles. The number of para-hydroxylation sites is 2. The van der Waals surface area contributed by atoms with Crippen LogP contribution in [0.5, 0.6) is 0 Å². The van der Waals surface area contributed by atoms with Gasteiger partial charge in [-0.25, -0.2) is 4.98 Å². The van der Waals surface area contributed by atoms with E-state index in [0.29, 0.717) is 0 Å². The van der Waals surface area contributed by atoms with Gasteiger partial charge in [0.15, 0.2) is 0 Å². The molecule has 0 unspecified atom stereocenters. The highest BCUT2D eigenvalue weighted by molar-refractivity contribution is 6.20. The van der Waals surface area contributed by atoms with Crippen LogP contribution in [0.2, 0.25) is 0 Å². The summed E-state index contributed by atoms with van der Waals surface area (Å²) in [6.45, 7) is 0. The molecule has 0 aliphatic heterocycles. The Kier molecular flexibility index (Phi) is 4.49. The molecule has 0 bridgehead atoms. The zero-order valence-electron chi connectivity index (χ0n) is 20.5. The van der Waals surface area contributed by atoms with Crippen LogP contribution in [-0.4, -0.2) is 18.9 Å². The molecular weight excluding hydrogens is 464 g/mol. The summed E-state index contributed by atoms with van der Waals surface area (Å²) < 4.78 is 4.66. The number of hydrogen-bond donors (Lipinski definition) is 0. The Morgan fingerprint density at radius 2 is 1.29 bits per heavy atom. The van der Waals surface area contributed by atoms with Crippen LogP contribution in [-0.2, 0) is 0 Å². The van der Waals surface area contributed by atoms with Gasteiger partial charge in [0, 0.05) is 52.1 Å². The molecule has 0 fully saturated rings. The van der Waals surface area contributed by atoms with Gasteiger partial charge in [-0.05, 0) is 47.5 Å². The number of hydrogen-bond acceptors (Lipinski definition) is 2. The minimum absolute atomic E-state index is 0.884. The molecule has 8 aromatic rings. The second-order valence-corrected chi connectivity index (χ2v) is 9.55. The quantitative estimate of drug-likeness (QED) is 0.252. The monoisotopic (exact) mass is 486 g/mol. The summed E-state index contributed by atoms with van der Waals surface area (Å²) in [5.41, 5.74) is 9.25. The van der Waals surface area contributed by atoms with Crippen molar-refractivity contribution in [2.45, 2.75) is 0 Å². The second-order valence-electron chi connectivity index (χ2n) is 9.55. The summed E-state index contributed by atoms with van der Waals surface area (Å²) in [6.07, 6.45) is 7.81. The zero-order valence-corrected chi connectivity index (χ0v) is 20.5. The highest BCUT2D eigenvalue weighted by Crippen LogP contribution is 2.42. The van der Waals surface area contributed by atoms with Crippen molar-refractivity contribution in [2.75, 3.05) is 0 Å². The van der Waals surface area contributed by atoms with Crippen molar-refractivity contribution in [3.63, 3.8) is 0 Å². The van der Waals surface area contributed by atoms with Crippen LogP contribution in [0.15, 0.2) is 134 Å². The molecule has 0 aliphatic carbocycles. The van der Waals surface area contributed by atoms with Crippen LogP contribution >= 0.6 is 0 Å². The summed E-state index contributed by atoms with van der Waals surface area (Å²) in [6, 6.07) is 38.5. The molecule has 0 aliphatic rings. The molecular formula is C34H22N4. The summed E-state index contributed by atoms with van der Waals surface area (Å²) in [5, 5.41) is 3.66. The summed E-state index contributed by atoms with van der Waals surface area (Å²) >= 11 is 0. The highest BCUT2D eigenvalue weighted by Gasteiger charge is 2.21. The Balaban J connectivity index is 1.57. The molecule has 38 heavy (non-hydrogen) atoms. The van der Waals surface area contributed by atoms with Crippen LogP contribution in [0.1, 0.15) is 0 Å². The molecule has 8 rings (SSSR count). The fraction of sp³-hybridized carbons (Fsp3) is 0. The highest BCUT2D eigenvalue weighted by atomic mass is 15.1. The first-order chi connectivity index (χ1) is 18.9. The molecule has 0 spiro atoms. The first-order valence-electron chi connectivity index (χ1n) is 12.8. The number of nitrogens with zero attached hydrogens (tertiary/aromatic N) is 4. The van der Waals surface area contributed by atoms with Gasteiger partial charge in [0.05, 0.1) is 22.1 Å². The van der Waals surface area contributed by atoms with E-state index in [-0.39, 0.29) is 0 Å². The normalized spacial score (nSPS) is 11.7. The van der Waals surface area contributed by atoms with Gasteiger partial charge in [-0.15, -0.1) is 0 Å². The van der Waals surface area contributed by atoms with Gasteiger partial charge in [0.1, 0.15) is 5.82 Å². The van der Waals surface area contributed by atoms with Crippen molar-refractivity contribution in [1.82, 2.24) is 18.9 Å². The average Bonchev–Trinajstić information content (AvgIpc) is 3.51. The molecule has 0 saturated carbocycles. The number of rotatable bonds is 3. The Morgan fingerprint density at radius 1 is 0.526 bits per heavy atom. The van der Waals surface area contributed by atoms with Gasteiger partial charge in [-0.3, -0.25) is 9.55 Å². The SMILES string of the molecule is c1ccc(-c2c3ccccc3n3ccc4c5ccccc5n(-c5cc(-c6cccnc6)ccn5)c4c23)cc1. The van der Waals surface area contributed by atoms with Gasteiger partial charge >= 0.3 is 0 Å². The summed E-state index contributed by atoms with van der Waals surface area (Å²) in [5.74, 6) is 0.884. The predicted octanol–water partition coefficient (Wildman–Crippen LogP) is 8.31. The molecule has 0 atom stereocenters. The second kappa shape index (κ2) is 8.15. The Morgan fingerprint density at radius 3 is 2.13 bits per heavy atom. The maximum Gasteiger partial charge on any atom is 0.138 e. The molecule has 0 radical (unpaired) electrons. The van der Waals surface area contributed by atoms with Crippen LogP contribution in [0, 0.1) is 0 Å². The van der Waals surface area contributed by atoms with Crippen LogP contribution < -0.4 is 0 Å². The van der Waals surface area contributed by atoms with Crippen molar-refractivity contribution in [3.05, 3.63) is 134 Å². The molecule has 5 heterocycles. The van der Waals surface area contributed by atoms with Crippen LogP contribution in [0.4, 0.5) is 0 Å². The fourth-order valence-corrected chi connectivity index (χ4v) is 5.86. The minimum Gasteiger partial charge on any atom is -0.314 e. The van der Waals surface area contributed by atoms with E-state index in [2.05, 4.69) is 117 Å². The third-order valence-electron chi connectivity index (χ3n) is 7.47. The molecule has 0 amide bonds. The van der Waals surface area contributed by atoms with Crippen molar-refractivity contribution in [1.29, 1.82) is 0 Å². The van der Waals surface area contributed by atoms with E-state index in [0.717, 1.165) is 28.0 Å². The van der Waals surface area contributed by atoms with E-state index in [9.17, 15) is 0 Å². The topological polar surface area (TPSA) is 35.1 Å². The van der Waals surface area contributed by atoms with E-state index in [1.807, 2.05) is 24.5 Å². The fourth-order valence-electron chi connectivity index (χ4n) is 5.86. The molecule has 5 aromatic heterocycles. The Labute approximate surface area is 219 Å². The third kappa shape index (κ3) is 2.98. The minimum atomic E-state index is 0.884. The largest absolute Gasteiger partial charge is 0.314 e. The van der Waals surface area contributed by atoms with Crippen molar-refractivity contribution >= 4 is 38.2 Å². The first kappa shape index (κ1) is 20.9. The predicted molar refractivity (Wildman–Crippen MR) is 156 cm³/mol. The lowest BCUT2D eigenvalue weighted by Gasteiger charge is -2.11. The lowest BCUT2D eigenvalue weighted by molar-refractivity contribution is 1.08. The molecule has 178 valence electrons. The molecule has 0 N–H and O–H groups in total. The summed E-state index contributed by atoms with van der Waals surface area (Å²) in [4.78, 5) is 9.24. The number of fused-ring (bicyclic) bond motifs is 7. The number of benzene rings is 3. The number of aromatic nitrogens is 4. The van der Waals surface area contributed by atoms with Crippen molar-refractivity contribution < 1.29 is 0 Å². The van der Waals surface area contributed by atoms with Gasteiger partial charge < -0.3 is 4.40 Å². The lowest BCUT2D eigenvalue weighted by atomic mass is 10.0. The van der Waals surface area contributed by atoms with Crippen LogP contribution in [0.25, 0.3) is 66.3 Å². The van der Waals surface area contributed by atoms with E-state index in [1.165, 1.54) is 38.3 Å². The van der Waals surface area contributed by atoms with E-state index < -0.39 is 0 Å². The zero-order chi connectivity index (χ0) is 25.1. The smallest absolute Gasteiger partial charge is 0.138 e. The van der Waals surface area contributed by atoms with Gasteiger partial charge in [0.2, 0.25) is 0 Å². The summed E-state index contributed by atoms with van der Waals surface area (Å²) in [7, 11) is 0. The standard InChI is InChI=1S/C34H22N4/c1-2-9-23(10-3-1)32-28-13-5-6-14-29(28)37-20-17-27-26-12-4-7-15-30(26)38(33(27)34(32)37)31-21-24(16-19-36-31)25-11-8-18-35-22-25/h1-22H. The molecule has 4 heteroatoms. The lowest BCUT2D eigenvalue weighted by Crippen LogP contribution is -1.99. The van der Waals surface area contributed by atoms with E-state index in [1.54, 1.807) is 6.20 Å². The van der Waals surface area contributed by atoms with Crippen LogP contribution in [0.3, 0.4) is 0 Å². The Bertz CT molecular complexity index is 2120. The molecule has 3 aromatic carbocycles. The van der Waals surface area contributed by atoms with Gasteiger partial charge in [-0.1, -0.05) is 72.8 Å². The maximum atomic E-state index is 4.90.